The van der Waals surface area contributed by atoms with Crippen LogP contribution in [0.15, 0.2) is 30.3 Å². The summed E-state index contributed by atoms with van der Waals surface area (Å²) in [5.41, 5.74) is 2.51. The smallest absolute Gasteiger partial charge is 0.275 e. The number of fused-ring (bicyclic) bond motifs is 1. The summed E-state index contributed by atoms with van der Waals surface area (Å²) >= 11 is 0. The molecule has 1 aromatic carbocycles. The average Bonchev–Trinajstić information content (AvgIpc) is 2.37. The summed E-state index contributed by atoms with van der Waals surface area (Å²) in [5.74, 6) is 1.19. The van der Waals surface area contributed by atoms with Gasteiger partial charge in [0.15, 0.2) is 0 Å². The number of H-pyrrole nitrogens is 1. The Kier molecular flexibility index (Phi) is 3.15. The van der Waals surface area contributed by atoms with E-state index in [0.29, 0.717) is 0 Å². The topological polar surface area (TPSA) is 26.6 Å². The lowest BCUT2D eigenvalue weighted by atomic mass is 10.1. The van der Waals surface area contributed by atoms with Crippen molar-refractivity contribution in [3.8, 4) is 0 Å². The number of aromatic amines is 1. The Labute approximate surface area is 114 Å². The average molecular weight is 257 g/mol. The molecule has 0 unspecified atom stereocenters. The first-order valence-corrected chi connectivity index (χ1v) is 6.95. The number of hydrogen-bond donors (Lipinski definition) is 0. The van der Waals surface area contributed by atoms with Crippen LogP contribution in [0.3, 0.4) is 0 Å². The van der Waals surface area contributed by atoms with Crippen molar-refractivity contribution in [3.05, 3.63) is 35.9 Å². The molecule has 1 N–H and O–H groups in total. The van der Waals surface area contributed by atoms with Gasteiger partial charge in [-0.2, -0.15) is 0 Å². The third-order valence-corrected chi connectivity index (χ3v) is 3.73. The highest BCUT2D eigenvalue weighted by Crippen LogP contribution is 2.21. The lowest BCUT2D eigenvalue weighted by Gasteiger charge is -2.31. The Morgan fingerprint density at radius 1 is 1.16 bits per heavy atom. The molecular formula is C16H21N2O+. The standard InChI is InChI=1S/C16H20N2O/c1-11-8-16(17-15-7-5-4-6-14(11)15)18-9-12(2)19-13(3)10-18/h4-8,12-13H,9-10H2,1-3H3/p+1/t12-,13+. The summed E-state index contributed by atoms with van der Waals surface area (Å²) in [7, 11) is 0. The van der Waals surface area contributed by atoms with E-state index in [1.54, 1.807) is 0 Å². The molecule has 0 saturated carbocycles. The number of pyridine rings is 1. The molecule has 1 aliphatic heterocycles. The van der Waals surface area contributed by atoms with Crippen LogP contribution in [0.2, 0.25) is 0 Å². The molecule has 100 valence electrons. The van der Waals surface area contributed by atoms with Crippen LogP contribution in [0.1, 0.15) is 19.4 Å². The second-order valence-electron chi connectivity index (χ2n) is 5.55. The number of hydrogen-bond acceptors (Lipinski definition) is 2. The molecule has 1 fully saturated rings. The highest BCUT2D eigenvalue weighted by Gasteiger charge is 2.28. The van der Waals surface area contributed by atoms with Crippen LogP contribution in [0, 0.1) is 6.92 Å². The SMILES string of the molecule is Cc1cc(N2C[C@@H](C)O[C@@H](C)C2)[nH+]c2ccccc12. The fourth-order valence-corrected chi connectivity index (χ4v) is 2.94. The minimum Gasteiger partial charge on any atom is -0.367 e. The van der Waals surface area contributed by atoms with Crippen LogP contribution in [-0.2, 0) is 4.74 Å². The zero-order valence-corrected chi connectivity index (χ0v) is 11.8. The van der Waals surface area contributed by atoms with Gasteiger partial charge in [-0.15, -0.1) is 0 Å². The minimum absolute atomic E-state index is 0.281. The van der Waals surface area contributed by atoms with E-state index in [9.17, 15) is 0 Å². The normalized spacial score (nSPS) is 23.8. The van der Waals surface area contributed by atoms with Gasteiger partial charge in [0.25, 0.3) is 5.82 Å². The van der Waals surface area contributed by atoms with Crippen molar-refractivity contribution in [3.63, 3.8) is 0 Å². The number of nitrogens with zero attached hydrogens (tertiary/aromatic N) is 1. The van der Waals surface area contributed by atoms with Gasteiger partial charge in [-0.1, -0.05) is 18.2 Å². The number of benzene rings is 1. The van der Waals surface area contributed by atoms with Gasteiger partial charge in [0.05, 0.1) is 12.2 Å². The third kappa shape index (κ3) is 2.43. The van der Waals surface area contributed by atoms with E-state index in [1.165, 1.54) is 22.3 Å². The van der Waals surface area contributed by atoms with Gasteiger partial charge in [-0.3, -0.25) is 4.90 Å². The number of anilines is 1. The van der Waals surface area contributed by atoms with E-state index in [4.69, 9.17) is 4.74 Å². The monoisotopic (exact) mass is 257 g/mol. The largest absolute Gasteiger partial charge is 0.367 e. The number of nitrogens with one attached hydrogen (secondary N) is 1. The summed E-state index contributed by atoms with van der Waals surface area (Å²) in [6.45, 7) is 8.33. The van der Waals surface area contributed by atoms with Crippen LogP contribution < -0.4 is 9.88 Å². The Balaban J connectivity index is 2.00. The second kappa shape index (κ2) is 4.82. The van der Waals surface area contributed by atoms with Crippen LogP contribution in [0.4, 0.5) is 5.82 Å². The van der Waals surface area contributed by atoms with E-state index in [0.717, 1.165) is 13.1 Å². The molecule has 1 aromatic heterocycles. The fourth-order valence-electron chi connectivity index (χ4n) is 2.94. The predicted molar refractivity (Wildman–Crippen MR) is 77.5 cm³/mol. The van der Waals surface area contributed by atoms with Gasteiger partial charge in [0, 0.05) is 11.5 Å². The zero-order valence-electron chi connectivity index (χ0n) is 11.8. The molecule has 0 radical (unpaired) electrons. The number of rotatable bonds is 1. The van der Waals surface area contributed by atoms with Gasteiger partial charge < -0.3 is 4.74 Å². The van der Waals surface area contributed by atoms with Gasteiger partial charge in [0.1, 0.15) is 18.6 Å². The van der Waals surface area contributed by atoms with Crippen LogP contribution in [0.5, 0.6) is 0 Å². The maximum atomic E-state index is 5.80. The molecule has 0 aliphatic carbocycles. The molecular weight excluding hydrogens is 236 g/mol. The molecule has 3 rings (SSSR count). The Bertz CT molecular complexity index is 586. The minimum atomic E-state index is 0.281. The summed E-state index contributed by atoms with van der Waals surface area (Å²) in [5, 5.41) is 1.29. The lowest BCUT2D eigenvalue weighted by Crippen LogP contribution is -2.47. The molecule has 2 heterocycles. The maximum Gasteiger partial charge on any atom is 0.275 e. The van der Waals surface area contributed by atoms with E-state index in [-0.39, 0.29) is 12.2 Å². The van der Waals surface area contributed by atoms with Gasteiger partial charge >= 0.3 is 0 Å². The molecule has 19 heavy (non-hydrogen) atoms. The van der Waals surface area contributed by atoms with Crippen LogP contribution >= 0.6 is 0 Å². The van der Waals surface area contributed by atoms with Crippen LogP contribution in [-0.4, -0.2) is 25.3 Å². The second-order valence-corrected chi connectivity index (χ2v) is 5.55. The van der Waals surface area contributed by atoms with Crippen LogP contribution in [0.25, 0.3) is 10.9 Å². The highest BCUT2D eigenvalue weighted by molar-refractivity contribution is 5.80. The Morgan fingerprint density at radius 3 is 2.58 bits per heavy atom. The fraction of sp³-hybridized carbons (Fsp3) is 0.438. The van der Waals surface area contributed by atoms with Gasteiger partial charge in [-0.25, -0.2) is 4.98 Å². The van der Waals surface area contributed by atoms with E-state index >= 15 is 0 Å². The maximum absolute atomic E-state index is 5.80. The molecule has 2 aromatic rings. The van der Waals surface area contributed by atoms with E-state index < -0.39 is 0 Å². The predicted octanol–water partition coefficient (Wildman–Crippen LogP) is 2.58. The number of para-hydroxylation sites is 1. The quantitative estimate of drug-likeness (QED) is 0.785. The number of morpholine rings is 1. The van der Waals surface area contributed by atoms with Crippen molar-refractivity contribution in [2.45, 2.75) is 33.0 Å². The van der Waals surface area contributed by atoms with Crippen molar-refractivity contribution in [2.75, 3.05) is 18.0 Å². The van der Waals surface area contributed by atoms with Crippen molar-refractivity contribution in [2.24, 2.45) is 0 Å². The molecule has 0 amide bonds. The zero-order chi connectivity index (χ0) is 13.4. The van der Waals surface area contributed by atoms with Crippen molar-refractivity contribution < 1.29 is 9.72 Å². The molecule has 3 heteroatoms. The summed E-state index contributed by atoms with van der Waals surface area (Å²) < 4.78 is 5.80. The number of aryl methyl sites for hydroxylation is 1. The number of aromatic nitrogens is 1. The summed E-state index contributed by atoms with van der Waals surface area (Å²) in [6, 6.07) is 10.7. The van der Waals surface area contributed by atoms with Gasteiger partial charge in [0.2, 0.25) is 0 Å². The lowest BCUT2D eigenvalue weighted by molar-refractivity contribution is -0.331. The van der Waals surface area contributed by atoms with E-state index in [2.05, 4.69) is 61.0 Å². The molecule has 2 atom stereocenters. The molecule has 1 aliphatic rings. The molecule has 0 bridgehead atoms. The highest BCUT2D eigenvalue weighted by atomic mass is 16.5. The van der Waals surface area contributed by atoms with Crippen molar-refractivity contribution in [1.82, 2.24) is 0 Å². The summed E-state index contributed by atoms with van der Waals surface area (Å²) in [6.07, 6.45) is 0.563. The summed E-state index contributed by atoms with van der Waals surface area (Å²) in [4.78, 5) is 5.94. The first kappa shape index (κ1) is 12.4. The van der Waals surface area contributed by atoms with Crippen molar-refractivity contribution in [1.29, 1.82) is 0 Å². The first-order chi connectivity index (χ1) is 9.13. The van der Waals surface area contributed by atoms with Gasteiger partial charge in [-0.05, 0) is 32.4 Å². The Morgan fingerprint density at radius 2 is 1.84 bits per heavy atom. The Hall–Kier alpha value is -1.61. The molecule has 3 nitrogen and oxygen atoms in total. The van der Waals surface area contributed by atoms with Crippen molar-refractivity contribution >= 4 is 16.7 Å². The molecule has 1 saturated heterocycles. The first-order valence-electron chi connectivity index (χ1n) is 6.95. The molecule has 0 spiro atoms. The third-order valence-electron chi connectivity index (χ3n) is 3.73. The number of ether oxygens (including phenoxy) is 1. The van der Waals surface area contributed by atoms with E-state index in [1.807, 2.05) is 0 Å².